The maximum Gasteiger partial charge on any atom is 0.254 e. The van der Waals surface area contributed by atoms with Crippen LogP contribution in [0.15, 0.2) is 24.3 Å². The fourth-order valence-electron chi connectivity index (χ4n) is 3.92. The first-order chi connectivity index (χ1) is 10.6. The number of rotatable bonds is 2. The van der Waals surface area contributed by atoms with Crippen LogP contribution in [0.4, 0.5) is 0 Å². The van der Waals surface area contributed by atoms with Crippen LogP contribution in [0, 0.1) is 0 Å². The van der Waals surface area contributed by atoms with Crippen LogP contribution < -0.4 is 0 Å². The Hall–Kier alpha value is -2.04. The topological polar surface area (TPSA) is 60.9 Å². The van der Waals surface area contributed by atoms with E-state index in [1.165, 1.54) is 6.07 Å². The van der Waals surface area contributed by atoms with Crippen molar-refractivity contribution in [2.75, 3.05) is 19.6 Å². The third kappa shape index (κ3) is 2.45. The largest absolute Gasteiger partial charge is 0.508 e. The number of piperidine rings is 1. The first kappa shape index (κ1) is 14.9. The fraction of sp³-hybridized carbons (Fsp3) is 0.529. The van der Waals surface area contributed by atoms with E-state index in [-0.39, 0.29) is 23.1 Å². The van der Waals surface area contributed by atoms with Gasteiger partial charge in [0.15, 0.2) is 0 Å². The van der Waals surface area contributed by atoms with Gasteiger partial charge in [0.2, 0.25) is 5.91 Å². The number of likely N-dealkylation sites (N-methyl/N-ethyl adjacent to an activating group) is 1. The number of likely N-dealkylation sites (tertiary alicyclic amines) is 2. The molecule has 1 atom stereocenters. The first-order valence-corrected chi connectivity index (χ1v) is 7.94. The van der Waals surface area contributed by atoms with E-state index in [1.807, 2.05) is 16.7 Å². The normalized spacial score (nSPS) is 25.0. The number of carbonyl (C=O) groups is 2. The summed E-state index contributed by atoms with van der Waals surface area (Å²) < 4.78 is 0. The van der Waals surface area contributed by atoms with Gasteiger partial charge in [-0.3, -0.25) is 9.59 Å². The van der Waals surface area contributed by atoms with Gasteiger partial charge in [0, 0.05) is 31.6 Å². The van der Waals surface area contributed by atoms with Gasteiger partial charge in [-0.1, -0.05) is 6.07 Å². The van der Waals surface area contributed by atoms with Gasteiger partial charge < -0.3 is 14.9 Å². The molecule has 5 nitrogen and oxygen atoms in total. The van der Waals surface area contributed by atoms with E-state index in [1.54, 1.807) is 18.2 Å². The number of hydrogen-bond acceptors (Lipinski definition) is 3. The molecule has 3 rings (SSSR count). The molecule has 5 heteroatoms. The highest BCUT2D eigenvalue weighted by atomic mass is 16.3. The molecule has 2 amide bonds. The molecule has 0 saturated carbocycles. The Morgan fingerprint density at radius 1 is 1.36 bits per heavy atom. The van der Waals surface area contributed by atoms with Gasteiger partial charge in [0.25, 0.3) is 5.91 Å². The van der Waals surface area contributed by atoms with E-state index in [9.17, 15) is 14.7 Å². The number of benzene rings is 1. The second kappa shape index (κ2) is 5.63. The zero-order valence-electron chi connectivity index (χ0n) is 12.9. The van der Waals surface area contributed by atoms with Crippen molar-refractivity contribution in [2.45, 2.75) is 38.1 Å². The van der Waals surface area contributed by atoms with E-state index >= 15 is 0 Å². The predicted molar refractivity (Wildman–Crippen MR) is 82.6 cm³/mol. The molecule has 118 valence electrons. The summed E-state index contributed by atoms with van der Waals surface area (Å²) in [6.45, 7) is 4.01. The molecule has 2 saturated heterocycles. The highest BCUT2D eigenvalue weighted by molar-refractivity contribution is 5.94. The van der Waals surface area contributed by atoms with Crippen LogP contribution in [0.1, 0.15) is 43.0 Å². The Balaban J connectivity index is 1.81. The van der Waals surface area contributed by atoms with Crippen LogP contribution in [-0.2, 0) is 4.79 Å². The van der Waals surface area contributed by atoms with Gasteiger partial charge in [-0.05, 0) is 44.4 Å². The van der Waals surface area contributed by atoms with Crippen molar-refractivity contribution in [2.24, 2.45) is 0 Å². The molecule has 2 fully saturated rings. The van der Waals surface area contributed by atoms with Crippen LogP contribution in [0.25, 0.3) is 0 Å². The maximum atomic E-state index is 12.7. The first-order valence-electron chi connectivity index (χ1n) is 7.94. The number of nitrogens with zero attached hydrogens (tertiary/aromatic N) is 2. The number of carbonyl (C=O) groups excluding carboxylic acids is 2. The maximum absolute atomic E-state index is 12.7. The molecule has 0 bridgehead atoms. The van der Waals surface area contributed by atoms with Crippen molar-refractivity contribution in [3.05, 3.63) is 29.8 Å². The Morgan fingerprint density at radius 3 is 2.91 bits per heavy atom. The van der Waals surface area contributed by atoms with E-state index in [4.69, 9.17) is 0 Å². The molecular weight excluding hydrogens is 280 g/mol. The molecule has 0 aliphatic carbocycles. The molecule has 1 aromatic rings. The summed E-state index contributed by atoms with van der Waals surface area (Å²) >= 11 is 0. The van der Waals surface area contributed by atoms with E-state index in [0.717, 1.165) is 19.3 Å². The molecule has 1 unspecified atom stereocenters. The van der Waals surface area contributed by atoms with Gasteiger partial charge in [0.05, 0.1) is 5.54 Å². The van der Waals surface area contributed by atoms with Crippen LogP contribution in [0.2, 0.25) is 0 Å². The summed E-state index contributed by atoms with van der Waals surface area (Å²) in [6.07, 6.45) is 3.30. The quantitative estimate of drug-likeness (QED) is 0.909. The second-order valence-electron chi connectivity index (χ2n) is 6.24. The summed E-state index contributed by atoms with van der Waals surface area (Å²) in [5, 5.41) is 9.56. The average molecular weight is 302 g/mol. The lowest BCUT2D eigenvalue weighted by atomic mass is 9.86. The number of phenols is 1. The average Bonchev–Trinajstić information content (AvgIpc) is 2.82. The number of aromatic hydroxyl groups is 1. The van der Waals surface area contributed by atoms with Gasteiger partial charge in [-0.25, -0.2) is 0 Å². The Morgan fingerprint density at radius 2 is 2.18 bits per heavy atom. The van der Waals surface area contributed by atoms with Crippen LogP contribution in [0.5, 0.6) is 5.75 Å². The molecule has 22 heavy (non-hydrogen) atoms. The van der Waals surface area contributed by atoms with Crippen LogP contribution in [0.3, 0.4) is 0 Å². The van der Waals surface area contributed by atoms with Crippen molar-refractivity contribution in [3.8, 4) is 5.75 Å². The van der Waals surface area contributed by atoms with Crippen molar-refractivity contribution in [1.82, 2.24) is 9.80 Å². The second-order valence-corrected chi connectivity index (χ2v) is 6.24. The van der Waals surface area contributed by atoms with Gasteiger partial charge >= 0.3 is 0 Å². The lowest BCUT2D eigenvalue weighted by Crippen LogP contribution is -2.57. The van der Waals surface area contributed by atoms with Crippen molar-refractivity contribution >= 4 is 11.8 Å². The van der Waals surface area contributed by atoms with E-state index < -0.39 is 0 Å². The third-order valence-corrected chi connectivity index (χ3v) is 4.93. The zero-order valence-corrected chi connectivity index (χ0v) is 12.9. The third-order valence-electron chi connectivity index (χ3n) is 4.93. The lowest BCUT2D eigenvalue weighted by Gasteiger charge is -2.45. The van der Waals surface area contributed by atoms with Gasteiger partial charge in [0.1, 0.15) is 5.75 Å². The van der Waals surface area contributed by atoms with Crippen LogP contribution in [-0.4, -0.2) is 51.9 Å². The number of amides is 2. The zero-order chi connectivity index (χ0) is 15.7. The van der Waals surface area contributed by atoms with E-state index in [0.29, 0.717) is 31.6 Å². The number of hydrogen-bond donors (Lipinski definition) is 1. The van der Waals surface area contributed by atoms with Crippen LogP contribution >= 0.6 is 0 Å². The predicted octanol–water partition coefficient (Wildman–Crippen LogP) is 2.01. The summed E-state index contributed by atoms with van der Waals surface area (Å²) in [4.78, 5) is 28.5. The molecule has 2 aliphatic rings. The molecule has 0 radical (unpaired) electrons. The van der Waals surface area contributed by atoms with Crippen molar-refractivity contribution in [1.29, 1.82) is 0 Å². The van der Waals surface area contributed by atoms with Crippen molar-refractivity contribution < 1.29 is 14.7 Å². The summed E-state index contributed by atoms with van der Waals surface area (Å²) in [5.74, 6) is 0.239. The summed E-state index contributed by atoms with van der Waals surface area (Å²) in [6, 6.07) is 6.46. The summed E-state index contributed by atoms with van der Waals surface area (Å²) in [5.41, 5.74) is 0.320. The molecule has 1 aromatic carbocycles. The summed E-state index contributed by atoms with van der Waals surface area (Å²) in [7, 11) is 0. The highest BCUT2D eigenvalue weighted by Crippen LogP contribution is 2.38. The van der Waals surface area contributed by atoms with Crippen molar-refractivity contribution in [3.63, 3.8) is 0 Å². The van der Waals surface area contributed by atoms with E-state index in [2.05, 4.69) is 0 Å². The fourth-order valence-corrected chi connectivity index (χ4v) is 3.92. The molecule has 1 N–H and O–H groups in total. The standard InChI is InChI=1S/C17H22N2O3/c1-2-19-15(21)7-9-17(19)8-4-10-18(12-17)16(22)13-5-3-6-14(20)11-13/h3,5-6,11,20H,2,4,7-10,12H2,1H3. The Kier molecular flexibility index (Phi) is 3.81. The minimum absolute atomic E-state index is 0.0645. The van der Waals surface area contributed by atoms with Gasteiger partial charge in [-0.15, -0.1) is 0 Å². The Bertz CT molecular complexity index is 601. The van der Waals surface area contributed by atoms with Gasteiger partial charge in [-0.2, -0.15) is 0 Å². The number of phenolic OH excluding ortho intramolecular Hbond substituents is 1. The smallest absolute Gasteiger partial charge is 0.254 e. The Labute approximate surface area is 130 Å². The monoisotopic (exact) mass is 302 g/mol. The SMILES string of the molecule is CCN1C(=O)CCC12CCCN(C(=O)c1cccc(O)c1)C2. The molecule has 0 aromatic heterocycles. The minimum Gasteiger partial charge on any atom is -0.508 e. The molecular formula is C17H22N2O3. The molecule has 2 aliphatic heterocycles. The minimum atomic E-state index is -0.184. The lowest BCUT2D eigenvalue weighted by molar-refractivity contribution is -0.132. The molecule has 1 spiro atoms. The highest BCUT2D eigenvalue weighted by Gasteiger charge is 2.47. The molecule has 2 heterocycles.